The van der Waals surface area contributed by atoms with Crippen LogP contribution >= 0.6 is 0 Å². The molecule has 0 aromatic heterocycles. The van der Waals surface area contributed by atoms with Gasteiger partial charge in [-0.1, -0.05) is 36.4 Å². The number of hydrogen-bond donors (Lipinski definition) is 0. The number of carbonyl (C=O) groups is 2. The predicted octanol–water partition coefficient (Wildman–Crippen LogP) is 2.95. The molecular formula is C21H20N2O2. The third-order valence-corrected chi connectivity index (χ3v) is 5.83. The Labute approximate surface area is 147 Å². The van der Waals surface area contributed by atoms with Crippen LogP contribution in [-0.4, -0.2) is 24.9 Å². The molecule has 0 saturated heterocycles. The molecule has 2 amide bonds. The first-order valence-corrected chi connectivity index (χ1v) is 9.00. The Morgan fingerprint density at radius 2 is 1.16 bits per heavy atom. The number of hydrogen-bond acceptors (Lipinski definition) is 2. The van der Waals surface area contributed by atoms with Gasteiger partial charge in [0.25, 0.3) is 0 Å². The summed E-state index contributed by atoms with van der Waals surface area (Å²) in [6.45, 7) is 1.37. The molecule has 0 spiro atoms. The van der Waals surface area contributed by atoms with Crippen molar-refractivity contribution in [2.75, 3.05) is 22.9 Å². The van der Waals surface area contributed by atoms with Crippen molar-refractivity contribution in [1.82, 2.24) is 0 Å². The molecule has 0 radical (unpaired) electrons. The first-order valence-electron chi connectivity index (χ1n) is 9.00. The summed E-state index contributed by atoms with van der Waals surface area (Å²) in [5.74, 6) is -0.0151. The van der Waals surface area contributed by atoms with Crippen LogP contribution in [0.5, 0.6) is 0 Å². The zero-order valence-electron chi connectivity index (χ0n) is 14.1. The number of benzene rings is 2. The fourth-order valence-electron chi connectivity index (χ4n) is 4.26. The van der Waals surface area contributed by atoms with Gasteiger partial charge in [0.1, 0.15) is 5.41 Å². The van der Waals surface area contributed by atoms with Crippen LogP contribution in [0.3, 0.4) is 0 Å². The molecule has 126 valence electrons. The average molecular weight is 332 g/mol. The fourth-order valence-corrected chi connectivity index (χ4v) is 4.26. The van der Waals surface area contributed by atoms with Gasteiger partial charge in [0.05, 0.1) is 0 Å². The quantitative estimate of drug-likeness (QED) is 0.794. The van der Waals surface area contributed by atoms with Gasteiger partial charge in [0.15, 0.2) is 0 Å². The minimum atomic E-state index is -0.838. The molecule has 4 heteroatoms. The standard InChI is InChI=1S/C21H20N2O2/c24-19(22-13-9-15-5-1-3-7-17(15)22)21(11-12-21)20(25)23-14-10-16-6-2-4-8-18(16)23/h1-8H,9-14H2. The number of rotatable bonds is 2. The van der Waals surface area contributed by atoms with Crippen molar-refractivity contribution in [2.24, 2.45) is 5.41 Å². The number of carbonyl (C=O) groups excluding carboxylic acids is 2. The van der Waals surface area contributed by atoms with Crippen molar-refractivity contribution in [1.29, 1.82) is 0 Å². The van der Waals surface area contributed by atoms with Crippen LogP contribution in [0.4, 0.5) is 11.4 Å². The number of para-hydroxylation sites is 2. The van der Waals surface area contributed by atoms with Gasteiger partial charge in [0.2, 0.25) is 11.8 Å². The largest absolute Gasteiger partial charge is 0.311 e. The third-order valence-electron chi connectivity index (χ3n) is 5.83. The van der Waals surface area contributed by atoms with E-state index in [0.29, 0.717) is 25.9 Å². The van der Waals surface area contributed by atoms with Gasteiger partial charge in [0, 0.05) is 24.5 Å². The Morgan fingerprint density at radius 1 is 0.720 bits per heavy atom. The Kier molecular flexibility index (Phi) is 3.05. The van der Waals surface area contributed by atoms with Crippen LogP contribution in [0.2, 0.25) is 0 Å². The molecule has 2 aromatic carbocycles. The van der Waals surface area contributed by atoms with Crippen molar-refractivity contribution in [2.45, 2.75) is 25.7 Å². The van der Waals surface area contributed by atoms with E-state index in [-0.39, 0.29) is 11.8 Å². The second kappa shape index (κ2) is 5.19. The van der Waals surface area contributed by atoms with Gasteiger partial charge in [-0.2, -0.15) is 0 Å². The Balaban J connectivity index is 1.45. The lowest BCUT2D eigenvalue weighted by Gasteiger charge is -2.27. The molecule has 5 rings (SSSR count). The zero-order valence-corrected chi connectivity index (χ0v) is 14.1. The number of anilines is 2. The second-order valence-electron chi connectivity index (χ2n) is 7.25. The summed E-state index contributed by atoms with van der Waals surface area (Å²) in [7, 11) is 0. The van der Waals surface area contributed by atoms with E-state index in [4.69, 9.17) is 0 Å². The van der Waals surface area contributed by atoms with Crippen LogP contribution in [0.15, 0.2) is 48.5 Å². The van der Waals surface area contributed by atoms with Crippen molar-refractivity contribution < 1.29 is 9.59 Å². The van der Waals surface area contributed by atoms with Gasteiger partial charge in [-0.05, 0) is 48.9 Å². The highest BCUT2D eigenvalue weighted by Crippen LogP contribution is 2.51. The average Bonchev–Trinajstić information content (AvgIpc) is 3.17. The summed E-state index contributed by atoms with van der Waals surface area (Å²) in [5, 5.41) is 0. The summed E-state index contributed by atoms with van der Waals surface area (Å²) in [4.78, 5) is 30.2. The highest BCUT2D eigenvalue weighted by Gasteiger charge is 2.60. The zero-order chi connectivity index (χ0) is 17.0. The topological polar surface area (TPSA) is 40.6 Å². The lowest BCUT2D eigenvalue weighted by atomic mass is 10.0. The first kappa shape index (κ1) is 14.7. The molecule has 1 fully saturated rings. The van der Waals surface area contributed by atoms with E-state index in [1.54, 1.807) is 0 Å². The van der Waals surface area contributed by atoms with Crippen molar-refractivity contribution in [3.05, 3.63) is 59.7 Å². The molecule has 0 atom stereocenters. The van der Waals surface area contributed by atoms with Gasteiger partial charge in [-0.3, -0.25) is 9.59 Å². The minimum absolute atomic E-state index is 0.00756. The van der Waals surface area contributed by atoms with Crippen LogP contribution in [0, 0.1) is 5.41 Å². The molecule has 1 saturated carbocycles. The monoisotopic (exact) mass is 332 g/mol. The molecule has 4 nitrogen and oxygen atoms in total. The summed E-state index contributed by atoms with van der Waals surface area (Å²) in [5.41, 5.74) is 3.52. The maximum atomic E-state index is 13.3. The highest BCUT2D eigenvalue weighted by atomic mass is 16.2. The molecule has 3 aliphatic rings. The molecule has 0 unspecified atom stereocenters. The smallest absolute Gasteiger partial charge is 0.242 e. The van der Waals surface area contributed by atoms with Crippen LogP contribution in [0.1, 0.15) is 24.0 Å². The van der Waals surface area contributed by atoms with Gasteiger partial charge in [-0.25, -0.2) is 0 Å². The summed E-state index contributed by atoms with van der Waals surface area (Å²) in [6, 6.07) is 16.1. The Hall–Kier alpha value is -2.62. The van der Waals surface area contributed by atoms with Crippen LogP contribution < -0.4 is 9.80 Å². The van der Waals surface area contributed by atoms with E-state index in [9.17, 15) is 9.59 Å². The maximum absolute atomic E-state index is 13.3. The normalized spacial score (nSPS) is 19.5. The molecule has 2 heterocycles. The SMILES string of the molecule is O=C(N1CCc2ccccc21)C1(C(=O)N2CCc3ccccc32)CC1. The Morgan fingerprint density at radius 3 is 1.60 bits per heavy atom. The van der Waals surface area contributed by atoms with E-state index in [1.165, 1.54) is 11.1 Å². The molecule has 25 heavy (non-hydrogen) atoms. The molecule has 1 aliphatic carbocycles. The van der Waals surface area contributed by atoms with Crippen molar-refractivity contribution in [3.8, 4) is 0 Å². The highest BCUT2D eigenvalue weighted by molar-refractivity contribution is 6.19. The summed E-state index contributed by atoms with van der Waals surface area (Å²) >= 11 is 0. The van der Waals surface area contributed by atoms with Crippen molar-refractivity contribution in [3.63, 3.8) is 0 Å². The second-order valence-corrected chi connectivity index (χ2v) is 7.25. The van der Waals surface area contributed by atoms with Gasteiger partial charge >= 0.3 is 0 Å². The van der Waals surface area contributed by atoms with Gasteiger partial charge < -0.3 is 9.80 Å². The van der Waals surface area contributed by atoms with E-state index in [2.05, 4.69) is 12.1 Å². The van der Waals surface area contributed by atoms with Gasteiger partial charge in [-0.15, -0.1) is 0 Å². The molecule has 0 N–H and O–H groups in total. The predicted molar refractivity (Wildman–Crippen MR) is 96.7 cm³/mol. The fraction of sp³-hybridized carbons (Fsp3) is 0.333. The molecular weight excluding hydrogens is 312 g/mol. The number of amides is 2. The summed E-state index contributed by atoms with van der Waals surface area (Å²) < 4.78 is 0. The van der Waals surface area contributed by atoms with Crippen LogP contribution in [-0.2, 0) is 22.4 Å². The minimum Gasteiger partial charge on any atom is -0.311 e. The lowest BCUT2D eigenvalue weighted by molar-refractivity contribution is -0.134. The summed E-state index contributed by atoms with van der Waals surface area (Å²) in [6.07, 6.45) is 3.08. The molecule has 2 aliphatic heterocycles. The van der Waals surface area contributed by atoms with Crippen molar-refractivity contribution >= 4 is 23.2 Å². The molecule has 0 bridgehead atoms. The van der Waals surface area contributed by atoms with E-state index in [1.807, 2.05) is 46.2 Å². The molecule has 2 aromatic rings. The lowest BCUT2D eigenvalue weighted by Crippen LogP contribution is -2.46. The van der Waals surface area contributed by atoms with E-state index >= 15 is 0 Å². The first-order chi connectivity index (χ1) is 12.2. The van der Waals surface area contributed by atoms with Crippen LogP contribution in [0.25, 0.3) is 0 Å². The van der Waals surface area contributed by atoms with E-state index < -0.39 is 5.41 Å². The maximum Gasteiger partial charge on any atom is 0.242 e. The number of nitrogens with zero attached hydrogens (tertiary/aromatic N) is 2. The Bertz CT molecular complexity index is 815. The van der Waals surface area contributed by atoms with E-state index in [0.717, 1.165) is 24.2 Å². The third kappa shape index (κ3) is 2.06. The number of fused-ring (bicyclic) bond motifs is 2.